The van der Waals surface area contributed by atoms with E-state index in [9.17, 15) is 18.3 Å². The summed E-state index contributed by atoms with van der Waals surface area (Å²) in [5, 5.41) is 13.0. The molecule has 1 aromatic heterocycles. The van der Waals surface area contributed by atoms with E-state index in [2.05, 4.69) is 4.98 Å². The molecule has 1 N–H and O–H groups in total. The number of aromatic nitrogens is 1. The Hall–Kier alpha value is -3.16. The fourth-order valence-corrected chi connectivity index (χ4v) is 4.92. The number of hydrogen-bond acceptors (Lipinski definition) is 4. The number of ether oxygens (including phenoxy) is 2. The lowest BCUT2D eigenvalue weighted by Crippen LogP contribution is -2.43. The maximum atomic E-state index is 13.7. The highest BCUT2D eigenvalue weighted by atomic mass is 19.4. The number of rotatable bonds is 5. The molecule has 4 nitrogen and oxygen atoms in total. The molecule has 1 aliphatic heterocycles. The summed E-state index contributed by atoms with van der Waals surface area (Å²) < 4.78 is 52.7. The van der Waals surface area contributed by atoms with Gasteiger partial charge in [-0.05, 0) is 72.0 Å². The highest BCUT2D eigenvalue weighted by molar-refractivity contribution is 6.08. The van der Waals surface area contributed by atoms with Gasteiger partial charge in [-0.25, -0.2) is 0 Å². The topological polar surface area (TPSA) is 51.6 Å². The second-order valence-corrected chi connectivity index (χ2v) is 9.40. The quantitative estimate of drug-likeness (QED) is 0.345. The van der Waals surface area contributed by atoms with E-state index in [4.69, 9.17) is 9.47 Å². The molecule has 0 radical (unpaired) electrons. The van der Waals surface area contributed by atoms with E-state index in [1.54, 1.807) is 6.20 Å². The minimum absolute atomic E-state index is 0.516. The van der Waals surface area contributed by atoms with Gasteiger partial charge in [-0.1, -0.05) is 30.3 Å². The number of benzene rings is 3. The third kappa shape index (κ3) is 3.93. The second-order valence-electron chi connectivity index (χ2n) is 9.40. The van der Waals surface area contributed by atoms with Crippen LogP contribution in [0.4, 0.5) is 13.2 Å². The van der Waals surface area contributed by atoms with Crippen LogP contribution in [0.2, 0.25) is 0 Å². The summed E-state index contributed by atoms with van der Waals surface area (Å²) in [6, 6.07) is 15.4. The minimum Gasteiger partial charge on any atom is -0.493 e. The number of aryl methyl sites for hydroxylation is 1. The summed E-state index contributed by atoms with van der Waals surface area (Å²) in [6.07, 6.45) is -3.31. The fourth-order valence-electron chi connectivity index (χ4n) is 4.92. The van der Waals surface area contributed by atoms with Crippen LogP contribution in [0.1, 0.15) is 36.6 Å². The second kappa shape index (κ2) is 8.50. The third-order valence-electron chi connectivity index (χ3n) is 6.74. The number of aliphatic hydroxyl groups excluding tert-OH is 1. The van der Waals surface area contributed by atoms with E-state index in [-0.39, 0.29) is 0 Å². The van der Waals surface area contributed by atoms with Crippen LogP contribution in [0, 0.1) is 6.92 Å². The van der Waals surface area contributed by atoms with Crippen LogP contribution in [0.3, 0.4) is 0 Å². The summed E-state index contributed by atoms with van der Waals surface area (Å²) >= 11 is 0. The molecule has 0 saturated heterocycles. The molecule has 2 heterocycles. The first-order chi connectivity index (χ1) is 16.6. The number of aliphatic hydroxyl groups is 1. The SMILES string of the molecule is Cc1cc2ccccc2c(-c2ccc3c4c(ccnc24)CCO3)c1[C@H](CO)OC(C)(C)C(F)(F)F. The van der Waals surface area contributed by atoms with Crippen LogP contribution in [0.5, 0.6) is 5.75 Å². The van der Waals surface area contributed by atoms with Crippen molar-refractivity contribution in [1.29, 1.82) is 0 Å². The number of nitrogens with zero attached hydrogens (tertiary/aromatic N) is 1. The highest BCUT2D eigenvalue weighted by Crippen LogP contribution is 2.46. The van der Waals surface area contributed by atoms with Crippen molar-refractivity contribution in [2.75, 3.05) is 13.2 Å². The van der Waals surface area contributed by atoms with E-state index < -0.39 is 24.5 Å². The van der Waals surface area contributed by atoms with E-state index >= 15 is 0 Å². The lowest BCUT2D eigenvalue weighted by Gasteiger charge is -2.34. The monoisotopic (exact) mass is 481 g/mol. The molecule has 0 fully saturated rings. The van der Waals surface area contributed by atoms with Crippen LogP contribution in [0.25, 0.3) is 32.8 Å². The van der Waals surface area contributed by atoms with Gasteiger partial charge in [0.05, 0.1) is 18.7 Å². The third-order valence-corrected chi connectivity index (χ3v) is 6.74. The summed E-state index contributed by atoms with van der Waals surface area (Å²) in [7, 11) is 0. The van der Waals surface area contributed by atoms with Gasteiger partial charge in [-0.2, -0.15) is 13.2 Å². The lowest BCUT2D eigenvalue weighted by molar-refractivity contribution is -0.280. The Bertz CT molecular complexity index is 1420. The number of halogens is 3. The Morgan fingerprint density at radius 1 is 1.11 bits per heavy atom. The number of pyridine rings is 1. The molecule has 0 spiro atoms. The average Bonchev–Trinajstić information content (AvgIpc) is 2.82. The Labute approximate surface area is 201 Å². The van der Waals surface area contributed by atoms with Crippen LogP contribution in [-0.4, -0.2) is 35.1 Å². The number of hydrogen-bond donors (Lipinski definition) is 1. The van der Waals surface area contributed by atoms with Crippen molar-refractivity contribution in [2.45, 2.75) is 45.1 Å². The molecule has 182 valence electrons. The van der Waals surface area contributed by atoms with Crippen molar-refractivity contribution in [3.63, 3.8) is 0 Å². The summed E-state index contributed by atoms with van der Waals surface area (Å²) in [5.41, 5.74) is 2.09. The molecular formula is C28H26F3NO3. The van der Waals surface area contributed by atoms with Crippen LogP contribution in [0.15, 0.2) is 54.7 Å². The first kappa shape index (κ1) is 23.6. The maximum Gasteiger partial charge on any atom is 0.416 e. The van der Waals surface area contributed by atoms with E-state index in [0.29, 0.717) is 23.3 Å². The predicted molar refractivity (Wildman–Crippen MR) is 130 cm³/mol. The first-order valence-electron chi connectivity index (χ1n) is 11.5. The molecule has 1 atom stereocenters. The zero-order valence-corrected chi connectivity index (χ0v) is 19.7. The fraction of sp³-hybridized carbons (Fsp3) is 0.321. The summed E-state index contributed by atoms with van der Waals surface area (Å²) in [6.45, 7) is 3.76. The normalized spacial score (nSPS) is 14.8. The van der Waals surface area contributed by atoms with Gasteiger partial charge in [0.15, 0.2) is 5.60 Å². The molecule has 35 heavy (non-hydrogen) atoms. The highest BCUT2D eigenvalue weighted by Gasteiger charge is 2.50. The van der Waals surface area contributed by atoms with Crippen molar-refractivity contribution >= 4 is 21.7 Å². The van der Waals surface area contributed by atoms with Crippen LogP contribution in [-0.2, 0) is 11.2 Å². The number of alkyl halides is 3. The first-order valence-corrected chi connectivity index (χ1v) is 11.5. The zero-order valence-electron chi connectivity index (χ0n) is 19.7. The van der Waals surface area contributed by atoms with Gasteiger partial charge in [0.2, 0.25) is 0 Å². The molecular weight excluding hydrogens is 455 g/mol. The minimum atomic E-state index is -4.61. The van der Waals surface area contributed by atoms with Gasteiger partial charge in [0.25, 0.3) is 0 Å². The van der Waals surface area contributed by atoms with Crippen molar-refractivity contribution < 1.29 is 27.8 Å². The zero-order chi connectivity index (χ0) is 25.0. The Kier molecular flexibility index (Phi) is 5.73. The van der Waals surface area contributed by atoms with Gasteiger partial charge in [0.1, 0.15) is 11.9 Å². The van der Waals surface area contributed by atoms with E-state index in [0.717, 1.165) is 58.9 Å². The number of fused-ring (bicyclic) bond motifs is 1. The molecule has 1 aliphatic rings. The van der Waals surface area contributed by atoms with Gasteiger partial charge in [-0.3, -0.25) is 4.98 Å². The maximum absolute atomic E-state index is 13.7. The molecule has 0 unspecified atom stereocenters. The Morgan fingerprint density at radius 3 is 2.63 bits per heavy atom. The van der Waals surface area contributed by atoms with E-state index in [1.165, 1.54) is 0 Å². The van der Waals surface area contributed by atoms with E-state index in [1.807, 2.05) is 55.5 Å². The van der Waals surface area contributed by atoms with Crippen molar-refractivity contribution in [3.8, 4) is 16.9 Å². The molecule has 4 aromatic rings. The van der Waals surface area contributed by atoms with Crippen molar-refractivity contribution in [3.05, 3.63) is 71.4 Å². The molecule has 3 aromatic carbocycles. The Morgan fingerprint density at radius 2 is 1.89 bits per heavy atom. The van der Waals surface area contributed by atoms with Gasteiger partial charge < -0.3 is 14.6 Å². The average molecular weight is 482 g/mol. The smallest absolute Gasteiger partial charge is 0.416 e. The van der Waals surface area contributed by atoms with Gasteiger partial charge in [0, 0.05) is 23.6 Å². The standard InChI is InChI=1S/C28H26F3NO3/c1-16-14-18-6-4-5-7-19(18)25(23(16)22(15-33)35-27(2,3)28(29,30)31)20-8-9-21-24-17(11-13-34-21)10-12-32-26(20)24/h4-10,12,14,22,33H,11,13,15H2,1-3H3/t22-/m0/s1. The summed E-state index contributed by atoms with van der Waals surface area (Å²) in [4.78, 5) is 4.67. The predicted octanol–water partition coefficient (Wildman–Crippen LogP) is 6.69. The molecule has 0 bridgehead atoms. The molecule has 0 amide bonds. The largest absolute Gasteiger partial charge is 0.493 e. The van der Waals surface area contributed by atoms with Crippen LogP contribution >= 0.6 is 0 Å². The summed E-state index contributed by atoms with van der Waals surface area (Å²) in [5.74, 6) is 0.741. The van der Waals surface area contributed by atoms with Crippen molar-refractivity contribution in [2.24, 2.45) is 0 Å². The van der Waals surface area contributed by atoms with Crippen LogP contribution < -0.4 is 4.74 Å². The molecule has 7 heteroatoms. The van der Waals surface area contributed by atoms with Crippen molar-refractivity contribution in [1.82, 2.24) is 4.98 Å². The molecule has 0 saturated carbocycles. The molecule has 0 aliphatic carbocycles. The molecule has 5 rings (SSSR count). The van der Waals surface area contributed by atoms with Gasteiger partial charge in [-0.15, -0.1) is 0 Å². The Balaban J connectivity index is 1.83. The lowest BCUT2D eigenvalue weighted by atomic mass is 9.85. The van der Waals surface area contributed by atoms with Gasteiger partial charge >= 0.3 is 6.18 Å².